The number of aliphatic carboxylic acids is 1. The van der Waals surface area contributed by atoms with Crippen molar-refractivity contribution in [1.29, 1.82) is 0 Å². The molecule has 2 aromatic carbocycles. The van der Waals surface area contributed by atoms with Crippen LogP contribution in [0.3, 0.4) is 0 Å². The van der Waals surface area contributed by atoms with E-state index in [9.17, 15) is 4.79 Å². The number of carboxylic acids is 1. The van der Waals surface area contributed by atoms with Crippen LogP contribution in [0.1, 0.15) is 17.9 Å². The molecule has 22 heavy (non-hydrogen) atoms. The number of carbonyl (C=O) groups is 1. The first-order valence-electron chi connectivity index (χ1n) is 7.21. The zero-order valence-corrected chi connectivity index (χ0v) is 13.1. The molecule has 1 aliphatic heterocycles. The molecular weight excluding hydrogens is 296 g/mol. The van der Waals surface area contributed by atoms with Crippen molar-refractivity contribution in [1.82, 2.24) is 5.32 Å². The zero-order chi connectivity index (χ0) is 15.5. The SMILES string of the molecule is CNCC(CC(=O)O)c1ccc2c(c1)Sc1ccccc1N2. The molecule has 0 saturated heterocycles. The lowest BCUT2D eigenvalue weighted by Crippen LogP contribution is -2.20. The Labute approximate surface area is 133 Å². The molecule has 0 fully saturated rings. The summed E-state index contributed by atoms with van der Waals surface area (Å²) < 4.78 is 0. The molecule has 0 spiro atoms. The fourth-order valence-electron chi connectivity index (χ4n) is 2.67. The zero-order valence-electron chi connectivity index (χ0n) is 12.3. The molecule has 0 aromatic heterocycles. The molecule has 3 rings (SSSR count). The molecular formula is C17H18N2O2S. The van der Waals surface area contributed by atoms with Crippen molar-refractivity contribution in [3.63, 3.8) is 0 Å². The lowest BCUT2D eigenvalue weighted by molar-refractivity contribution is -0.137. The van der Waals surface area contributed by atoms with Crippen molar-refractivity contribution < 1.29 is 9.90 Å². The normalized spacial score (nSPS) is 13.7. The third-order valence-electron chi connectivity index (χ3n) is 3.72. The van der Waals surface area contributed by atoms with Crippen molar-refractivity contribution in [2.75, 3.05) is 18.9 Å². The predicted octanol–water partition coefficient (Wildman–Crippen LogP) is 3.67. The molecule has 1 unspecified atom stereocenters. The summed E-state index contributed by atoms with van der Waals surface area (Å²) in [7, 11) is 1.85. The summed E-state index contributed by atoms with van der Waals surface area (Å²) >= 11 is 1.72. The Morgan fingerprint density at radius 1 is 1.23 bits per heavy atom. The van der Waals surface area contributed by atoms with E-state index in [4.69, 9.17) is 5.11 Å². The van der Waals surface area contributed by atoms with Gasteiger partial charge < -0.3 is 15.7 Å². The van der Waals surface area contributed by atoms with Crippen molar-refractivity contribution in [3.05, 3.63) is 48.0 Å². The molecule has 5 heteroatoms. The lowest BCUT2D eigenvalue weighted by Gasteiger charge is -2.23. The van der Waals surface area contributed by atoms with Crippen molar-refractivity contribution in [2.45, 2.75) is 22.1 Å². The first-order chi connectivity index (χ1) is 10.7. The molecule has 0 amide bonds. The quantitative estimate of drug-likeness (QED) is 0.671. The number of fused-ring (bicyclic) bond motifs is 2. The van der Waals surface area contributed by atoms with Crippen LogP contribution in [0.15, 0.2) is 52.3 Å². The van der Waals surface area contributed by atoms with Gasteiger partial charge in [0.25, 0.3) is 0 Å². The second-order valence-electron chi connectivity index (χ2n) is 5.33. The Balaban J connectivity index is 1.89. The summed E-state index contributed by atoms with van der Waals surface area (Å²) in [4.78, 5) is 13.4. The van der Waals surface area contributed by atoms with Crippen molar-refractivity contribution in [3.8, 4) is 0 Å². The highest BCUT2D eigenvalue weighted by molar-refractivity contribution is 7.99. The summed E-state index contributed by atoms with van der Waals surface area (Å²) in [6.45, 7) is 0.653. The molecule has 3 N–H and O–H groups in total. The maximum absolute atomic E-state index is 11.1. The predicted molar refractivity (Wildman–Crippen MR) is 89.2 cm³/mol. The number of benzene rings is 2. The number of likely N-dealkylation sites (N-methyl/N-ethyl adjacent to an activating group) is 1. The molecule has 0 aliphatic carbocycles. The summed E-state index contributed by atoms with van der Waals surface area (Å²) in [5, 5.41) is 15.6. The third kappa shape index (κ3) is 3.10. The number of carboxylic acid groups (broad SMARTS) is 1. The number of para-hydroxylation sites is 1. The highest BCUT2D eigenvalue weighted by Crippen LogP contribution is 2.44. The van der Waals surface area contributed by atoms with Crippen LogP contribution in [0, 0.1) is 0 Å². The minimum atomic E-state index is -0.769. The molecule has 2 aromatic rings. The number of rotatable bonds is 5. The van der Waals surface area contributed by atoms with Gasteiger partial charge in [0.05, 0.1) is 17.8 Å². The highest BCUT2D eigenvalue weighted by Gasteiger charge is 2.19. The van der Waals surface area contributed by atoms with E-state index in [0.717, 1.165) is 21.8 Å². The van der Waals surface area contributed by atoms with Gasteiger partial charge in [0.1, 0.15) is 0 Å². The number of hydrogen-bond acceptors (Lipinski definition) is 4. The second kappa shape index (κ2) is 6.42. The summed E-state index contributed by atoms with van der Waals surface area (Å²) in [5.74, 6) is -0.792. The van der Waals surface area contributed by atoms with E-state index in [-0.39, 0.29) is 12.3 Å². The number of nitrogens with one attached hydrogen (secondary N) is 2. The van der Waals surface area contributed by atoms with Gasteiger partial charge in [-0.3, -0.25) is 4.79 Å². The topological polar surface area (TPSA) is 61.4 Å². The van der Waals surface area contributed by atoms with Gasteiger partial charge in [-0.2, -0.15) is 0 Å². The van der Waals surface area contributed by atoms with Crippen LogP contribution in [0.25, 0.3) is 0 Å². The summed E-state index contributed by atoms with van der Waals surface area (Å²) in [6.07, 6.45) is 0.133. The van der Waals surface area contributed by atoms with Gasteiger partial charge in [-0.05, 0) is 36.9 Å². The van der Waals surface area contributed by atoms with E-state index >= 15 is 0 Å². The Hall–Kier alpha value is -1.98. The Morgan fingerprint density at radius 2 is 2.00 bits per heavy atom. The Morgan fingerprint density at radius 3 is 2.77 bits per heavy atom. The van der Waals surface area contributed by atoms with Crippen molar-refractivity contribution >= 4 is 29.1 Å². The van der Waals surface area contributed by atoms with Gasteiger partial charge in [-0.25, -0.2) is 0 Å². The van der Waals surface area contributed by atoms with Gasteiger partial charge in [-0.15, -0.1) is 0 Å². The van der Waals surface area contributed by atoms with Crippen LogP contribution < -0.4 is 10.6 Å². The van der Waals surface area contributed by atoms with E-state index in [1.807, 2.05) is 31.3 Å². The van der Waals surface area contributed by atoms with Crippen LogP contribution in [0.2, 0.25) is 0 Å². The monoisotopic (exact) mass is 314 g/mol. The largest absolute Gasteiger partial charge is 0.481 e. The van der Waals surface area contributed by atoms with E-state index < -0.39 is 5.97 Å². The molecule has 114 valence electrons. The third-order valence-corrected chi connectivity index (χ3v) is 4.86. The molecule has 1 heterocycles. The van der Waals surface area contributed by atoms with Gasteiger partial charge in [0.2, 0.25) is 0 Å². The standard InChI is InChI=1S/C17H18N2O2S/c1-18-10-12(9-17(20)21)11-6-7-14-16(8-11)22-15-5-3-2-4-13(15)19-14/h2-8,12,18-19H,9-10H2,1H3,(H,20,21). The van der Waals surface area contributed by atoms with Gasteiger partial charge in [-0.1, -0.05) is 30.0 Å². The Kier molecular flexibility index (Phi) is 4.36. The molecule has 0 bridgehead atoms. The van der Waals surface area contributed by atoms with E-state index in [0.29, 0.717) is 6.54 Å². The highest BCUT2D eigenvalue weighted by atomic mass is 32.2. The number of anilines is 2. The maximum atomic E-state index is 11.1. The molecule has 4 nitrogen and oxygen atoms in total. The first-order valence-corrected chi connectivity index (χ1v) is 8.03. The fourth-order valence-corrected chi connectivity index (χ4v) is 3.70. The maximum Gasteiger partial charge on any atom is 0.304 e. The molecule has 0 radical (unpaired) electrons. The molecule has 0 saturated carbocycles. The average molecular weight is 314 g/mol. The van der Waals surface area contributed by atoms with E-state index in [1.165, 1.54) is 4.90 Å². The lowest BCUT2D eigenvalue weighted by atomic mass is 9.95. The van der Waals surface area contributed by atoms with Crippen LogP contribution in [-0.4, -0.2) is 24.7 Å². The second-order valence-corrected chi connectivity index (χ2v) is 6.42. The summed E-state index contributed by atoms with van der Waals surface area (Å²) in [6, 6.07) is 14.4. The smallest absolute Gasteiger partial charge is 0.304 e. The van der Waals surface area contributed by atoms with Gasteiger partial charge in [0.15, 0.2) is 0 Å². The van der Waals surface area contributed by atoms with Crippen LogP contribution in [0.4, 0.5) is 11.4 Å². The average Bonchev–Trinajstić information content (AvgIpc) is 2.51. The van der Waals surface area contributed by atoms with Crippen molar-refractivity contribution in [2.24, 2.45) is 0 Å². The summed E-state index contributed by atoms with van der Waals surface area (Å²) in [5.41, 5.74) is 3.25. The Bertz CT molecular complexity index is 703. The van der Waals surface area contributed by atoms with Crippen LogP contribution in [0.5, 0.6) is 0 Å². The molecule has 1 aliphatic rings. The minimum absolute atomic E-state index is 0.0226. The minimum Gasteiger partial charge on any atom is -0.481 e. The first kappa shape index (κ1) is 14.9. The molecule has 1 atom stereocenters. The number of hydrogen-bond donors (Lipinski definition) is 3. The van der Waals surface area contributed by atoms with Gasteiger partial charge in [0, 0.05) is 22.3 Å². The van der Waals surface area contributed by atoms with Crippen LogP contribution >= 0.6 is 11.8 Å². The fraction of sp³-hybridized carbons (Fsp3) is 0.235. The van der Waals surface area contributed by atoms with Crippen LogP contribution in [-0.2, 0) is 4.79 Å². The van der Waals surface area contributed by atoms with Gasteiger partial charge >= 0.3 is 5.97 Å². The van der Waals surface area contributed by atoms with E-state index in [1.54, 1.807) is 11.8 Å². The van der Waals surface area contributed by atoms with E-state index in [2.05, 4.69) is 28.8 Å².